The number of unbranched alkanes of at least 4 members (excludes halogenated alkanes) is 2. The average molecular weight is 246 g/mol. The van der Waals surface area contributed by atoms with Crippen molar-refractivity contribution in [1.29, 1.82) is 0 Å². The quantitative estimate of drug-likeness (QED) is 0.651. The molecule has 1 unspecified atom stereocenters. The lowest BCUT2D eigenvalue weighted by atomic mass is 9.89. The Morgan fingerprint density at radius 2 is 2.17 bits per heavy atom. The van der Waals surface area contributed by atoms with Gasteiger partial charge in [-0.2, -0.15) is 0 Å². The number of hydrogen-bond acceptors (Lipinski definition) is 2. The molecule has 1 atom stereocenters. The van der Waals surface area contributed by atoms with E-state index in [2.05, 4.69) is 43.7 Å². The second-order valence-electron chi connectivity index (χ2n) is 4.82. The smallest absolute Gasteiger partial charge is 0.133 e. The van der Waals surface area contributed by atoms with Crippen molar-refractivity contribution in [3.63, 3.8) is 0 Å². The lowest BCUT2D eigenvalue weighted by molar-refractivity contribution is 0.551. The number of rotatable bonds is 8. The summed E-state index contributed by atoms with van der Waals surface area (Å²) in [5, 5.41) is 3.12. The lowest BCUT2D eigenvalue weighted by Crippen LogP contribution is -2.04. The van der Waals surface area contributed by atoms with Crippen LogP contribution in [0.3, 0.4) is 0 Å². The van der Waals surface area contributed by atoms with Crippen LogP contribution >= 0.6 is 0 Å². The fourth-order valence-electron chi connectivity index (χ4n) is 2.46. The summed E-state index contributed by atoms with van der Waals surface area (Å²) in [7, 11) is 0. The lowest BCUT2D eigenvalue weighted by Gasteiger charge is -2.19. The maximum absolute atomic E-state index is 4.36. The second kappa shape index (κ2) is 7.91. The zero-order chi connectivity index (χ0) is 13.4. The van der Waals surface area contributed by atoms with Gasteiger partial charge in [0.2, 0.25) is 0 Å². The van der Waals surface area contributed by atoms with Crippen molar-refractivity contribution >= 4 is 5.82 Å². The normalized spacial score (nSPS) is 12.2. The van der Waals surface area contributed by atoms with Crippen LogP contribution < -0.4 is 5.32 Å². The molecule has 1 aromatic rings. The summed E-state index contributed by atoms with van der Waals surface area (Å²) in [5.41, 5.74) is 2.70. The molecule has 0 bridgehead atoms. The fourth-order valence-corrected chi connectivity index (χ4v) is 2.46. The van der Waals surface area contributed by atoms with Crippen molar-refractivity contribution in [2.24, 2.45) is 0 Å². The van der Waals surface area contributed by atoms with Gasteiger partial charge in [-0.15, -0.1) is 0 Å². The predicted molar refractivity (Wildman–Crippen MR) is 80.0 cm³/mol. The van der Waals surface area contributed by atoms with E-state index in [4.69, 9.17) is 0 Å². The van der Waals surface area contributed by atoms with E-state index in [1.165, 1.54) is 43.2 Å². The number of hydrogen-bond donors (Lipinski definition) is 1. The first-order chi connectivity index (χ1) is 8.74. The van der Waals surface area contributed by atoms with Crippen LogP contribution in [0.2, 0.25) is 0 Å². The minimum Gasteiger partial charge on any atom is -0.347 e. The van der Waals surface area contributed by atoms with Crippen molar-refractivity contribution in [1.82, 2.24) is 4.98 Å². The minimum atomic E-state index is 0.657. The van der Waals surface area contributed by atoms with Crippen molar-refractivity contribution in [3.05, 3.63) is 36.2 Å². The molecule has 1 rings (SSSR count). The van der Waals surface area contributed by atoms with Crippen LogP contribution in [0.25, 0.3) is 0 Å². The third kappa shape index (κ3) is 3.86. The van der Waals surface area contributed by atoms with Crippen molar-refractivity contribution in [3.8, 4) is 0 Å². The van der Waals surface area contributed by atoms with Gasteiger partial charge in [-0.1, -0.05) is 39.7 Å². The van der Waals surface area contributed by atoms with Gasteiger partial charge >= 0.3 is 0 Å². The SMILES string of the molecule is C=CNc1nccc(C(CC)CCCCC)c1C. The topological polar surface area (TPSA) is 24.9 Å². The second-order valence-corrected chi connectivity index (χ2v) is 4.82. The first-order valence-electron chi connectivity index (χ1n) is 7.07. The molecule has 2 nitrogen and oxygen atoms in total. The van der Waals surface area contributed by atoms with Gasteiger partial charge in [-0.25, -0.2) is 4.98 Å². The Bertz CT molecular complexity index is 371. The van der Waals surface area contributed by atoms with Gasteiger partial charge in [-0.05, 0) is 49.1 Å². The Labute approximate surface area is 112 Å². The molecule has 0 amide bonds. The van der Waals surface area contributed by atoms with E-state index >= 15 is 0 Å². The summed E-state index contributed by atoms with van der Waals surface area (Å²) in [6.45, 7) is 10.4. The van der Waals surface area contributed by atoms with Crippen molar-refractivity contribution in [2.75, 3.05) is 5.32 Å². The molecule has 1 N–H and O–H groups in total. The zero-order valence-corrected chi connectivity index (χ0v) is 12.0. The molecule has 0 aliphatic heterocycles. The molecular formula is C16H26N2. The maximum atomic E-state index is 4.36. The van der Waals surface area contributed by atoms with Gasteiger partial charge in [0.15, 0.2) is 0 Å². The molecule has 18 heavy (non-hydrogen) atoms. The summed E-state index contributed by atoms with van der Waals surface area (Å²) >= 11 is 0. The Hall–Kier alpha value is -1.31. The van der Waals surface area contributed by atoms with E-state index in [9.17, 15) is 0 Å². The molecule has 0 radical (unpaired) electrons. The van der Waals surface area contributed by atoms with Gasteiger partial charge in [0.1, 0.15) is 5.82 Å². The molecule has 0 saturated heterocycles. The number of pyridine rings is 1. The highest BCUT2D eigenvalue weighted by atomic mass is 15.0. The maximum Gasteiger partial charge on any atom is 0.133 e. The third-order valence-electron chi connectivity index (χ3n) is 3.57. The van der Waals surface area contributed by atoms with Crippen LogP contribution in [0.5, 0.6) is 0 Å². The summed E-state index contributed by atoms with van der Waals surface area (Å²) < 4.78 is 0. The standard InChI is InChI=1S/C16H26N2/c1-5-8-9-10-14(6-2)15-11-12-18-16(13(15)4)17-7-3/h7,11-12,14H,3,5-6,8-10H2,1-2,4H3,(H,17,18). The minimum absolute atomic E-state index is 0.657. The van der Waals surface area contributed by atoms with Crippen LogP contribution in [-0.2, 0) is 0 Å². The summed E-state index contributed by atoms with van der Waals surface area (Å²) in [5.74, 6) is 1.60. The zero-order valence-electron chi connectivity index (χ0n) is 12.0. The third-order valence-corrected chi connectivity index (χ3v) is 3.57. The molecule has 100 valence electrons. The molecule has 2 heteroatoms. The summed E-state index contributed by atoms with van der Waals surface area (Å²) in [6.07, 6.45) is 10.0. The number of nitrogens with one attached hydrogen (secondary N) is 1. The first kappa shape index (κ1) is 14.7. The van der Waals surface area contributed by atoms with E-state index in [1.807, 2.05) is 6.20 Å². The van der Waals surface area contributed by atoms with Gasteiger partial charge < -0.3 is 5.32 Å². The van der Waals surface area contributed by atoms with Crippen molar-refractivity contribution in [2.45, 2.75) is 58.8 Å². The molecule has 0 spiro atoms. The van der Waals surface area contributed by atoms with Gasteiger partial charge in [0.05, 0.1) is 0 Å². The van der Waals surface area contributed by atoms with Crippen LogP contribution in [-0.4, -0.2) is 4.98 Å². The van der Waals surface area contributed by atoms with E-state index in [0.29, 0.717) is 5.92 Å². The van der Waals surface area contributed by atoms with Crippen LogP contribution in [0.4, 0.5) is 5.82 Å². The summed E-state index contributed by atoms with van der Waals surface area (Å²) in [6, 6.07) is 2.17. The molecular weight excluding hydrogens is 220 g/mol. The molecule has 1 aromatic heterocycles. The monoisotopic (exact) mass is 246 g/mol. The molecule has 0 aliphatic rings. The van der Waals surface area contributed by atoms with E-state index < -0.39 is 0 Å². The highest BCUT2D eigenvalue weighted by Crippen LogP contribution is 2.30. The highest BCUT2D eigenvalue weighted by molar-refractivity contribution is 5.50. The van der Waals surface area contributed by atoms with Crippen LogP contribution in [0, 0.1) is 6.92 Å². The number of nitrogens with zero attached hydrogens (tertiary/aromatic N) is 1. The van der Waals surface area contributed by atoms with Gasteiger partial charge in [0.25, 0.3) is 0 Å². The Balaban J connectivity index is 2.84. The molecule has 0 aliphatic carbocycles. The molecule has 0 aromatic carbocycles. The van der Waals surface area contributed by atoms with Crippen LogP contribution in [0.15, 0.2) is 25.0 Å². The van der Waals surface area contributed by atoms with E-state index in [0.717, 1.165) is 5.82 Å². The fraction of sp³-hybridized carbons (Fsp3) is 0.562. The van der Waals surface area contributed by atoms with Crippen molar-refractivity contribution < 1.29 is 0 Å². The highest BCUT2D eigenvalue weighted by Gasteiger charge is 2.13. The van der Waals surface area contributed by atoms with E-state index in [-0.39, 0.29) is 0 Å². The van der Waals surface area contributed by atoms with Gasteiger partial charge in [-0.3, -0.25) is 0 Å². The molecule has 0 saturated carbocycles. The molecule has 1 heterocycles. The first-order valence-corrected chi connectivity index (χ1v) is 7.07. The largest absolute Gasteiger partial charge is 0.347 e. The van der Waals surface area contributed by atoms with Crippen LogP contribution in [0.1, 0.15) is 63.0 Å². The Kier molecular flexibility index (Phi) is 6.48. The number of aromatic nitrogens is 1. The predicted octanol–water partition coefficient (Wildman–Crippen LogP) is 5.02. The summed E-state index contributed by atoms with van der Waals surface area (Å²) in [4.78, 5) is 4.36. The Morgan fingerprint density at radius 1 is 1.39 bits per heavy atom. The molecule has 0 fully saturated rings. The number of anilines is 1. The van der Waals surface area contributed by atoms with Gasteiger partial charge in [0, 0.05) is 6.20 Å². The average Bonchev–Trinajstić information content (AvgIpc) is 2.38. The Morgan fingerprint density at radius 3 is 2.78 bits per heavy atom. The van der Waals surface area contributed by atoms with E-state index in [1.54, 1.807) is 6.20 Å².